The number of rotatable bonds is 4. The van der Waals surface area contributed by atoms with Crippen molar-refractivity contribution in [1.29, 1.82) is 0 Å². The maximum absolute atomic E-state index is 12.9. The van der Waals surface area contributed by atoms with Crippen LogP contribution in [0.4, 0.5) is 5.82 Å². The topological polar surface area (TPSA) is 71.8 Å². The smallest absolute Gasteiger partial charge is 0.253 e. The van der Waals surface area contributed by atoms with Gasteiger partial charge in [0.2, 0.25) is 0 Å². The van der Waals surface area contributed by atoms with Gasteiger partial charge in [0.25, 0.3) is 5.91 Å². The number of aromatic nitrogens is 3. The van der Waals surface area contributed by atoms with Gasteiger partial charge in [0.15, 0.2) is 0 Å². The van der Waals surface area contributed by atoms with Crippen LogP contribution in [0.5, 0.6) is 0 Å². The number of thioether (sulfide) groups is 1. The number of nitrogens with one attached hydrogen (secondary N) is 2. The van der Waals surface area contributed by atoms with E-state index in [1.165, 1.54) is 0 Å². The summed E-state index contributed by atoms with van der Waals surface area (Å²) in [6, 6.07) is 5.64. The molecule has 22 heavy (non-hydrogen) atoms. The predicted octanol–water partition coefficient (Wildman–Crippen LogP) is 1.72. The molecule has 1 amide bonds. The second kappa shape index (κ2) is 6.50. The zero-order chi connectivity index (χ0) is 15.4. The Kier molecular flexibility index (Phi) is 4.44. The Balaban J connectivity index is 1.83. The summed E-state index contributed by atoms with van der Waals surface area (Å²) >= 11 is 1.62. The normalized spacial score (nSPS) is 17.1. The molecule has 0 aromatic carbocycles. The Morgan fingerprint density at radius 2 is 2.23 bits per heavy atom. The highest BCUT2D eigenvalue weighted by Gasteiger charge is 2.42. The molecule has 0 radical (unpaired) electrons. The number of amides is 1. The Hall–Kier alpha value is -1.86. The minimum absolute atomic E-state index is 0.0536. The lowest BCUT2D eigenvalue weighted by molar-refractivity contribution is -0.126. The van der Waals surface area contributed by atoms with Crippen molar-refractivity contribution in [3.63, 3.8) is 0 Å². The van der Waals surface area contributed by atoms with Gasteiger partial charge in [-0.1, -0.05) is 0 Å². The summed E-state index contributed by atoms with van der Waals surface area (Å²) in [5.74, 6) is 0.523. The minimum atomic E-state index is -0.644. The third-order valence-electron chi connectivity index (χ3n) is 4.01. The lowest BCUT2D eigenvalue weighted by Gasteiger charge is -2.36. The zero-order valence-electron chi connectivity index (χ0n) is 12.5. The predicted molar refractivity (Wildman–Crippen MR) is 87.0 cm³/mol. The van der Waals surface area contributed by atoms with E-state index in [0.717, 1.165) is 18.0 Å². The van der Waals surface area contributed by atoms with Crippen LogP contribution < -0.4 is 10.6 Å². The van der Waals surface area contributed by atoms with Crippen molar-refractivity contribution in [3.8, 4) is 0 Å². The molecular weight excluding hydrogens is 298 g/mol. The summed E-state index contributed by atoms with van der Waals surface area (Å²) in [6.45, 7) is 1.60. The van der Waals surface area contributed by atoms with Crippen LogP contribution in [0.25, 0.3) is 0 Å². The van der Waals surface area contributed by atoms with Gasteiger partial charge in [-0.05, 0) is 50.4 Å². The van der Waals surface area contributed by atoms with E-state index in [2.05, 4.69) is 20.7 Å². The summed E-state index contributed by atoms with van der Waals surface area (Å²) in [5.41, 5.74) is -0.644. The Labute approximate surface area is 133 Å². The number of nitrogens with zero attached hydrogens (tertiary/aromatic N) is 3. The number of pyridine rings is 1. The van der Waals surface area contributed by atoms with E-state index in [4.69, 9.17) is 0 Å². The van der Waals surface area contributed by atoms with Gasteiger partial charge in [-0.15, -0.1) is 11.8 Å². The highest BCUT2D eigenvalue weighted by molar-refractivity contribution is 7.98. The Bertz CT molecular complexity index is 620. The standard InChI is InChI=1S/C15H19N5OS/c1-22-12-3-4-13(17-11-12)19-14(21)15(5-8-16-9-6-15)20-10-2-7-18-20/h2-4,7,10-11,16H,5-6,8-9H2,1H3,(H,17,19,21). The number of carbonyl (C=O) groups is 1. The van der Waals surface area contributed by atoms with E-state index >= 15 is 0 Å². The zero-order valence-corrected chi connectivity index (χ0v) is 13.3. The van der Waals surface area contributed by atoms with Crippen LogP contribution in [-0.2, 0) is 10.3 Å². The Morgan fingerprint density at radius 3 is 2.82 bits per heavy atom. The molecule has 1 aliphatic heterocycles. The number of hydrogen-bond acceptors (Lipinski definition) is 5. The van der Waals surface area contributed by atoms with Crippen LogP contribution in [-0.4, -0.2) is 40.0 Å². The number of anilines is 1. The second-order valence-electron chi connectivity index (χ2n) is 5.27. The fraction of sp³-hybridized carbons (Fsp3) is 0.400. The van der Waals surface area contributed by atoms with Gasteiger partial charge in [0, 0.05) is 23.5 Å². The van der Waals surface area contributed by atoms with Crippen molar-refractivity contribution in [3.05, 3.63) is 36.8 Å². The molecule has 2 aromatic rings. The molecular formula is C15H19N5OS. The van der Waals surface area contributed by atoms with E-state index in [1.54, 1.807) is 28.8 Å². The van der Waals surface area contributed by atoms with E-state index in [9.17, 15) is 4.79 Å². The molecule has 0 bridgehead atoms. The Morgan fingerprint density at radius 1 is 1.41 bits per heavy atom. The fourth-order valence-corrected chi connectivity index (χ4v) is 3.09. The average molecular weight is 317 g/mol. The molecule has 0 spiro atoms. The summed E-state index contributed by atoms with van der Waals surface area (Å²) in [5, 5.41) is 10.5. The van der Waals surface area contributed by atoms with Gasteiger partial charge in [-0.3, -0.25) is 9.48 Å². The molecule has 1 saturated heterocycles. The molecule has 7 heteroatoms. The molecule has 1 aliphatic rings. The van der Waals surface area contributed by atoms with E-state index in [-0.39, 0.29) is 5.91 Å². The van der Waals surface area contributed by atoms with Crippen LogP contribution in [0.15, 0.2) is 41.7 Å². The van der Waals surface area contributed by atoms with Gasteiger partial charge >= 0.3 is 0 Å². The van der Waals surface area contributed by atoms with E-state index in [0.29, 0.717) is 18.7 Å². The van der Waals surface area contributed by atoms with Crippen molar-refractivity contribution in [2.24, 2.45) is 0 Å². The third kappa shape index (κ3) is 2.86. The molecule has 2 N–H and O–H groups in total. The van der Waals surface area contributed by atoms with Crippen molar-refractivity contribution in [1.82, 2.24) is 20.1 Å². The summed E-state index contributed by atoms with van der Waals surface area (Å²) in [4.78, 5) is 18.3. The first kappa shape index (κ1) is 15.1. The second-order valence-corrected chi connectivity index (χ2v) is 6.15. The third-order valence-corrected chi connectivity index (χ3v) is 4.72. The summed E-state index contributed by atoms with van der Waals surface area (Å²) in [7, 11) is 0. The van der Waals surface area contributed by atoms with Crippen molar-refractivity contribution in [2.75, 3.05) is 24.7 Å². The monoisotopic (exact) mass is 317 g/mol. The minimum Gasteiger partial charge on any atom is -0.317 e. The lowest BCUT2D eigenvalue weighted by atomic mass is 9.87. The van der Waals surface area contributed by atoms with Gasteiger partial charge in [0.05, 0.1) is 0 Å². The quantitative estimate of drug-likeness (QED) is 0.840. The number of hydrogen-bond donors (Lipinski definition) is 2. The van der Waals surface area contributed by atoms with Crippen molar-refractivity contribution >= 4 is 23.5 Å². The van der Waals surface area contributed by atoms with Gasteiger partial charge in [-0.2, -0.15) is 5.10 Å². The SMILES string of the molecule is CSc1ccc(NC(=O)C2(n3cccn3)CCNCC2)nc1. The summed E-state index contributed by atoms with van der Waals surface area (Å²) < 4.78 is 1.78. The lowest BCUT2D eigenvalue weighted by Crippen LogP contribution is -2.52. The molecule has 6 nitrogen and oxygen atoms in total. The fourth-order valence-electron chi connectivity index (χ4n) is 2.73. The van der Waals surface area contributed by atoms with Crippen LogP contribution in [0.3, 0.4) is 0 Å². The van der Waals surface area contributed by atoms with Crippen LogP contribution in [0.1, 0.15) is 12.8 Å². The van der Waals surface area contributed by atoms with Crippen LogP contribution in [0, 0.1) is 0 Å². The van der Waals surface area contributed by atoms with Crippen LogP contribution in [0.2, 0.25) is 0 Å². The maximum atomic E-state index is 12.9. The van der Waals surface area contributed by atoms with Crippen molar-refractivity contribution in [2.45, 2.75) is 23.3 Å². The molecule has 3 heterocycles. The first-order valence-electron chi connectivity index (χ1n) is 7.27. The summed E-state index contributed by atoms with van der Waals surface area (Å²) in [6.07, 6.45) is 8.75. The molecule has 0 saturated carbocycles. The molecule has 0 atom stereocenters. The molecule has 0 aliphatic carbocycles. The van der Waals surface area contributed by atoms with Crippen molar-refractivity contribution < 1.29 is 4.79 Å². The largest absolute Gasteiger partial charge is 0.317 e. The van der Waals surface area contributed by atoms with E-state index in [1.807, 2.05) is 30.7 Å². The van der Waals surface area contributed by atoms with Crippen LogP contribution >= 0.6 is 11.8 Å². The number of carbonyl (C=O) groups excluding carboxylic acids is 1. The van der Waals surface area contributed by atoms with Gasteiger partial charge in [0.1, 0.15) is 11.4 Å². The molecule has 3 rings (SSSR count). The molecule has 1 fully saturated rings. The van der Waals surface area contributed by atoms with Gasteiger partial charge < -0.3 is 10.6 Å². The molecule has 116 valence electrons. The highest BCUT2D eigenvalue weighted by atomic mass is 32.2. The average Bonchev–Trinajstić information content (AvgIpc) is 3.11. The number of piperidine rings is 1. The first-order valence-corrected chi connectivity index (χ1v) is 8.49. The van der Waals surface area contributed by atoms with Gasteiger partial charge in [-0.25, -0.2) is 4.98 Å². The highest BCUT2D eigenvalue weighted by Crippen LogP contribution is 2.28. The first-order chi connectivity index (χ1) is 10.7. The van der Waals surface area contributed by atoms with E-state index < -0.39 is 5.54 Å². The molecule has 2 aromatic heterocycles. The molecule has 0 unspecified atom stereocenters. The maximum Gasteiger partial charge on any atom is 0.253 e.